The van der Waals surface area contributed by atoms with E-state index in [0.29, 0.717) is 0 Å². The summed E-state index contributed by atoms with van der Waals surface area (Å²) in [6.45, 7) is 1.74. The zero-order valence-electron chi connectivity index (χ0n) is 6.13. The number of hydrogen-bond acceptors (Lipinski definition) is 2. The van der Waals surface area contributed by atoms with Gasteiger partial charge in [-0.2, -0.15) is 0 Å². The van der Waals surface area contributed by atoms with Crippen LogP contribution in [0.4, 0.5) is 0 Å². The average Bonchev–Trinajstić information content (AvgIpc) is 2.50. The second kappa shape index (κ2) is 2.47. The van der Waals surface area contributed by atoms with Crippen molar-refractivity contribution in [3.05, 3.63) is 34.9 Å². The van der Waals surface area contributed by atoms with E-state index in [1.54, 1.807) is 0 Å². The molecule has 11 heavy (non-hydrogen) atoms. The first-order valence-electron chi connectivity index (χ1n) is 3.68. The Labute approximate surface area is 65.2 Å². The van der Waals surface area contributed by atoms with Gasteiger partial charge >= 0.3 is 0 Å². The summed E-state index contributed by atoms with van der Waals surface area (Å²) in [7, 11) is 0. The van der Waals surface area contributed by atoms with Crippen LogP contribution in [-0.4, -0.2) is 6.29 Å². The van der Waals surface area contributed by atoms with Gasteiger partial charge in [-0.05, 0) is 11.1 Å². The molecule has 1 aliphatic heterocycles. The second-order valence-corrected chi connectivity index (χ2v) is 2.71. The Morgan fingerprint density at radius 3 is 3.09 bits per heavy atom. The van der Waals surface area contributed by atoms with Crippen molar-refractivity contribution in [3.8, 4) is 0 Å². The van der Waals surface area contributed by atoms with Crippen LogP contribution in [0.5, 0.6) is 0 Å². The Morgan fingerprint density at radius 2 is 2.27 bits per heavy atom. The number of rotatable bonds is 1. The van der Waals surface area contributed by atoms with Gasteiger partial charge in [0.05, 0.1) is 0 Å². The first kappa shape index (κ1) is 6.55. The number of nitrogens with one attached hydrogen (secondary N) is 1. The highest BCUT2D eigenvalue weighted by atomic mass is 16.1. The lowest BCUT2D eigenvalue weighted by molar-refractivity contribution is 0.112. The highest BCUT2D eigenvalue weighted by Crippen LogP contribution is 2.17. The van der Waals surface area contributed by atoms with Crippen molar-refractivity contribution in [3.63, 3.8) is 0 Å². The second-order valence-electron chi connectivity index (χ2n) is 2.71. The van der Waals surface area contributed by atoms with E-state index in [2.05, 4.69) is 11.4 Å². The van der Waals surface area contributed by atoms with Crippen LogP contribution in [0.15, 0.2) is 18.2 Å². The van der Waals surface area contributed by atoms with E-state index in [1.165, 1.54) is 11.1 Å². The molecule has 2 nitrogen and oxygen atoms in total. The smallest absolute Gasteiger partial charge is 0.150 e. The van der Waals surface area contributed by atoms with E-state index in [-0.39, 0.29) is 0 Å². The minimum Gasteiger partial charge on any atom is -0.309 e. The molecule has 0 aromatic heterocycles. The predicted molar refractivity (Wildman–Crippen MR) is 42.4 cm³/mol. The van der Waals surface area contributed by atoms with Gasteiger partial charge in [0.15, 0.2) is 0 Å². The molecule has 0 spiro atoms. The topological polar surface area (TPSA) is 29.1 Å². The number of carbonyl (C=O) groups is 1. The third-order valence-electron chi connectivity index (χ3n) is 2.05. The van der Waals surface area contributed by atoms with E-state index in [9.17, 15) is 4.79 Å². The Morgan fingerprint density at radius 1 is 1.36 bits per heavy atom. The highest BCUT2D eigenvalue weighted by molar-refractivity contribution is 5.78. The summed E-state index contributed by atoms with van der Waals surface area (Å²) >= 11 is 0. The number of carbonyl (C=O) groups excluding carboxylic acids is 1. The number of fused-ring (bicyclic) bond motifs is 1. The monoisotopic (exact) mass is 147 g/mol. The fourth-order valence-electron chi connectivity index (χ4n) is 1.47. The quantitative estimate of drug-likeness (QED) is 0.603. The Kier molecular flexibility index (Phi) is 1.47. The Hall–Kier alpha value is -1.15. The lowest BCUT2D eigenvalue weighted by atomic mass is 10.1. The van der Waals surface area contributed by atoms with Gasteiger partial charge in [0.1, 0.15) is 6.29 Å². The van der Waals surface area contributed by atoms with Crippen molar-refractivity contribution in [1.82, 2.24) is 5.32 Å². The van der Waals surface area contributed by atoms with Crippen molar-refractivity contribution >= 4 is 6.29 Å². The predicted octanol–water partition coefficient (Wildman–Crippen LogP) is 1.10. The lowest BCUT2D eigenvalue weighted by Gasteiger charge is -1.98. The largest absolute Gasteiger partial charge is 0.309 e. The van der Waals surface area contributed by atoms with E-state index in [4.69, 9.17) is 0 Å². The molecule has 1 N–H and O–H groups in total. The first-order valence-corrected chi connectivity index (χ1v) is 3.68. The van der Waals surface area contributed by atoms with Crippen molar-refractivity contribution in [1.29, 1.82) is 0 Å². The molecule has 0 bridgehead atoms. The van der Waals surface area contributed by atoms with Crippen LogP contribution >= 0.6 is 0 Å². The SMILES string of the molecule is O=Cc1cccc2c1CNC2. The minimum atomic E-state index is 0.826. The normalized spacial score (nSPS) is 14.5. The maximum absolute atomic E-state index is 10.5. The molecule has 0 saturated carbocycles. The molecule has 1 aliphatic rings. The minimum absolute atomic E-state index is 0.826. The van der Waals surface area contributed by atoms with Gasteiger partial charge in [-0.1, -0.05) is 18.2 Å². The molecule has 1 aromatic rings. The van der Waals surface area contributed by atoms with E-state index in [0.717, 1.165) is 24.9 Å². The molecule has 1 aromatic carbocycles. The van der Waals surface area contributed by atoms with E-state index < -0.39 is 0 Å². The average molecular weight is 147 g/mol. The van der Waals surface area contributed by atoms with Gasteiger partial charge in [-0.25, -0.2) is 0 Å². The fraction of sp³-hybridized carbons (Fsp3) is 0.222. The fourth-order valence-corrected chi connectivity index (χ4v) is 1.47. The van der Waals surface area contributed by atoms with Gasteiger partial charge in [0, 0.05) is 18.7 Å². The molecular formula is C9H9NO. The molecular weight excluding hydrogens is 138 g/mol. The van der Waals surface area contributed by atoms with Crippen LogP contribution in [-0.2, 0) is 13.1 Å². The molecule has 0 atom stereocenters. The molecule has 0 unspecified atom stereocenters. The third kappa shape index (κ3) is 0.955. The van der Waals surface area contributed by atoms with Crippen LogP contribution in [0.3, 0.4) is 0 Å². The molecule has 0 amide bonds. The molecule has 2 rings (SSSR count). The summed E-state index contributed by atoms with van der Waals surface area (Å²) in [6, 6.07) is 5.84. The van der Waals surface area contributed by atoms with Crippen molar-refractivity contribution in [2.24, 2.45) is 0 Å². The van der Waals surface area contributed by atoms with Crippen LogP contribution in [0.1, 0.15) is 21.5 Å². The highest BCUT2D eigenvalue weighted by Gasteiger charge is 2.12. The molecule has 0 fully saturated rings. The van der Waals surface area contributed by atoms with Crippen molar-refractivity contribution < 1.29 is 4.79 Å². The first-order chi connectivity index (χ1) is 5.42. The van der Waals surface area contributed by atoms with Crippen molar-refractivity contribution in [2.45, 2.75) is 13.1 Å². The number of hydrogen-bond donors (Lipinski definition) is 1. The van der Waals surface area contributed by atoms with Crippen LogP contribution in [0.2, 0.25) is 0 Å². The zero-order valence-corrected chi connectivity index (χ0v) is 6.13. The zero-order chi connectivity index (χ0) is 7.68. The van der Waals surface area contributed by atoms with Gasteiger partial charge in [-0.15, -0.1) is 0 Å². The standard InChI is InChI=1S/C9H9NO/c11-6-8-3-1-2-7-4-10-5-9(7)8/h1-3,6,10H,4-5H2. The maximum Gasteiger partial charge on any atom is 0.150 e. The summed E-state index contributed by atoms with van der Waals surface area (Å²) in [5.74, 6) is 0. The summed E-state index contributed by atoms with van der Waals surface area (Å²) in [4.78, 5) is 10.5. The molecule has 0 radical (unpaired) electrons. The summed E-state index contributed by atoms with van der Waals surface area (Å²) in [6.07, 6.45) is 0.922. The molecule has 0 saturated heterocycles. The molecule has 2 heteroatoms. The van der Waals surface area contributed by atoms with Crippen molar-refractivity contribution in [2.75, 3.05) is 0 Å². The van der Waals surface area contributed by atoms with E-state index in [1.807, 2.05) is 12.1 Å². The van der Waals surface area contributed by atoms with Crippen LogP contribution in [0.25, 0.3) is 0 Å². The maximum atomic E-state index is 10.5. The summed E-state index contributed by atoms with van der Waals surface area (Å²) in [5.41, 5.74) is 3.25. The van der Waals surface area contributed by atoms with E-state index >= 15 is 0 Å². The number of aldehydes is 1. The summed E-state index contributed by atoms with van der Waals surface area (Å²) < 4.78 is 0. The van der Waals surface area contributed by atoms with Crippen LogP contribution in [0, 0.1) is 0 Å². The van der Waals surface area contributed by atoms with Crippen LogP contribution < -0.4 is 5.32 Å². The van der Waals surface area contributed by atoms with Gasteiger partial charge < -0.3 is 5.32 Å². The number of benzene rings is 1. The van der Waals surface area contributed by atoms with Gasteiger partial charge in [0.25, 0.3) is 0 Å². The Balaban J connectivity index is 2.58. The van der Waals surface area contributed by atoms with Gasteiger partial charge in [0.2, 0.25) is 0 Å². The third-order valence-corrected chi connectivity index (χ3v) is 2.05. The lowest BCUT2D eigenvalue weighted by Crippen LogP contribution is -2.00. The molecule has 1 heterocycles. The summed E-state index contributed by atoms with van der Waals surface area (Å²) in [5, 5.41) is 3.20. The molecule has 56 valence electrons. The van der Waals surface area contributed by atoms with Gasteiger partial charge in [-0.3, -0.25) is 4.79 Å². The Bertz CT molecular complexity index is 294. The molecule has 0 aliphatic carbocycles.